The lowest BCUT2D eigenvalue weighted by molar-refractivity contribution is 0.0313. The van der Waals surface area contributed by atoms with Crippen molar-refractivity contribution < 1.29 is 19.1 Å². The van der Waals surface area contributed by atoms with Crippen LogP contribution in [-0.4, -0.2) is 79.4 Å². The highest BCUT2D eigenvalue weighted by Gasteiger charge is 2.23. The number of hydrogen-bond donors (Lipinski definition) is 2. The minimum atomic E-state index is -0.522. The molecule has 122 valence electrons. The molecular formula is C15H23N3O4. The summed E-state index contributed by atoms with van der Waals surface area (Å²) in [5.41, 5.74) is 0.553. The van der Waals surface area contributed by atoms with Gasteiger partial charge in [0.25, 0.3) is 5.91 Å². The number of furan rings is 1. The zero-order valence-electron chi connectivity index (χ0n) is 12.7. The molecule has 0 aromatic carbocycles. The van der Waals surface area contributed by atoms with Crippen LogP contribution in [0.25, 0.3) is 0 Å². The standard InChI is InChI=1S/C15H23N3O4/c19-13-8-16-1-2-18(9-13)15(20)12-7-14(22-11-12)10-17-3-5-21-6-4-17/h7,11,13,16,19H,1-6,8-10H2/t13-/m0/s1. The van der Waals surface area contributed by atoms with E-state index < -0.39 is 6.10 Å². The molecule has 1 atom stereocenters. The average Bonchev–Trinajstić information content (AvgIpc) is 2.88. The van der Waals surface area contributed by atoms with Gasteiger partial charge in [0.2, 0.25) is 0 Å². The summed E-state index contributed by atoms with van der Waals surface area (Å²) in [5.74, 6) is 0.707. The first kappa shape index (κ1) is 15.5. The Hall–Kier alpha value is -1.41. The zero-order chi connectivity index (χ0) is 15.4. The Morgan fingerprint density at radius 2 is 2.18 bits per heavy atom. The van der Waals surface area contributed by atoms with Gasteiger partial charge in [-0.2, -0.15) is 0 Å². The fourth-order valence-corrected chi connectivity index (χ4v) is 2.82. The van der Waals surface area contributed by atoms with E-state index in [0.717, 1.165) is 32.1 Å². The van der Waals surface area contributed by atoms with Crippen LogP contribution in [0.4, 0.5) is 0 Å². The second-order valence-electron chi connectivity index (χ2n) is 5.80. The lowest BCUT2D eigenvalue weighted by Crippen LogP contribution is -2.37. The Kier molecular flexibility index (Phi) is 5.09. The van der Waals surface area contributed by atoms with Crippen molar-refractivity contribution in [2.45, 2.75) is 12.6 Å². The summed E-state index contributed by atoms with van der Waals surface area (Å²) in [6, 6.07) is 1.81. The molecule has 1 aromatic rings. The van der Waals surface area contributed by atoms with E-state index in [1.165, 1.54) is 6.26 Å². The van der Waals surface area contributed by atoms with Gasteiger partial charge in [0.05, 0.1) is 31.4 Å². The lowest BCUT2D eigenvalue weighted by atomic mass is 10.2. The minimum Gasteiger partial charge on any atom is -0.467 e. The summed E-state index contributed by atoms with van der Waals surface area (Å²) < 4.78 is 10.8. The molecule has 2 aliphatic rings. The highest BCUT2D eigenvalue weighted by molar-refractivity contribution is 5.94. The number of nitrogens with zero attached hydrogens (tertiary/aromatic N) is 2. The summed E-state index contributed by atoms with van der Waals surface area (Å²) in [6.07, 6.45) is 0.995. The monoisotopic (exact) mass is 309 g/mol. The molecule has 3 rings (SSSR count). The fourth-order valence-electron chi connectivity index (χ4n) is 2.82. The second kappa shape index (κ2) is 7.23. The van der Waals surface area contributed by atoms with Crippen LogP contribution in [0.5, 0.6) is 0 Å². The molecule has 2 saturated heterocycles. The Morgan fingerprint density at radius 1 is 1.36 bits per heavy atom. The highest BCUT2D eigenvalue weighted by Crippen LogP contribution is 2.14. The maximum absolute atomic E-state index is 12.5. The van der Waals surface area contributed by atoms with Gasteiger partial charge >= 0.3 is 0 Å². The molecule has 2 N–H and O–H groups in total. The molecule has 0 radical (unpaired) electrons. The van der Waals surface area contributed by atoms with Crippen LogP contribution in [0.3, 0.4) is 0 Å². The summed E-state index contributed by atoms with van der Waals surface area (Å²) in [5, 5.41) is 12.9. The third kappa shape index (κ3) is 3.86. The number of nitrogens with one attached hydrogen (secondary N) is 1. The van der Waals surface area contributed by atoms with Crippen LogP contribution in [0.2, 0.25) is 0 Å². The van der Waals surface area contributed by atoms with Crippen LogP contribution in [0, 0.1) is 0 Å². The van der Waals surface area contributed by atoms with E-state index in [2.05, 4.69) is 10.2 Å². The van der Waals surface area contributed by atoms with Gasteiger partial charge in [0.15, 0.2) is 0 Å². The molecule has 2 fully saturated rings. The molecule has 0 saturated carbocycles. The topological polar surface area (TPSA) is 78.2 Å². The van der Waals surface area contributed by atoms with Gasteiger partial charge < -0.3 is 24.5 Å². The first-order valence-corrected chi connectivity index (χ1v) is 7.78. The van der Waals surface area contributed by atoms with Gasteiger partial charge in [-0.25, -0.2) is 0 Å². The number of carbonyl (C=O) groups excluding carboxylic acids is 1. The third-order valence-electron chi connectivity index (χ3n) is 4.04. The number of rotatable bonds is 3. The van der Waals surface area contributed by atoms with Gasteiger partial charge in [0.1, 0.15) is 12.0 Å². The molecule has 0 unspecified atom stereocenters. The van der Waals surface area contributed by atoms with E-state index in [1.807, 2.05) is 6.07 Å². The molecule has 1 aromatic heterocycles. The summed E-state index contributed by atoms with van der Waals surface area (Å²) in [4.78, 5) is 16.4. The molecular weight excluding hydrogens is 286 g/mol. The number of aliphatic hydroxyl groups excluding tert-OH is 1. The third-order valence-corrected chi connectivity index (χ3v) is 4.04. The van der Waals surface area contributed by atoms with Crippen LogP contribution in [-0.2, 0) is 11.3 Å². The normalized spacial score (nSPS) is 24.2. The van der Waals surface area contributed by atoms with E-state index in [1.54, 1.807) is 4.90 Å². The number of β-amino-alcohol motifs (C(OH)–C–C–N with tert-alkyl or cyclic N) is 1. The number of ether oxygens (including phenoxy) is 1. The second-order valence-corrected chi connectivity index (χ2v) is 5.80. The van der Waals surface area contributed by atoms with Gasteiger partial charge in [-0.05, 0) is 6.07 Å². The van der Waals surface area contributed by atoms with Crippen molar-refractivity contribution >= 4 is 5.91 Å². The van der Waals surface area contributed by atoms with Crippen molar-refractivity contribution in [2.24, 2.45) is 0 Å². The van der Waals surface area contributed by atoms with E-state index >= 15 is 0 Å². The van der Waals surface area contributed by atoms with E-state index in [-0.39, 0.29) is 5.91 Å². The van der Waals surface area contributed by atoms with Crippen LogP contribution in [0.1, 0.15) is 16.1 Å². The van der Waals surface area contributed by atoms with E-state index in [0.29, 0.717) is 38.3 Å². The first-order valence-electron chi connectivity index (χ1n) is 7.78. The van der Waals surface area contributed by atoms with Gasteiger partial charge in [-0.15, -0.1) is 0 Å². The maximum Gasteiger partial charge on any atom is 0.257 e. The molecule has 7 heteroatoms. The van der Waals surface area contributed by atoms with Crippen molar-refractivity contribution in [3.8, 4) is 0 Å². The predicted molar refractivity (Wildman–Crippen MR) is 79.6 cm³/mol. The van der Waals surface area contributed by atoms with Crippen LogP contribution >= 0.6 is 0 Å². The molecule has 7 nitrogen and oxygen atoms in total. The highest BCUT2D eigenvalue weighted by atomic mass is 16.5. The lowest BCUT2D eigenvalue weighted by Gasteiger charge is -2.25. The molecule has 1 amide bonds. The molecule has 2 aliphatic heterocycles. The number of morpholine rings is 1. The minimum absolute atomic E-state index is 0.0836. The Balaban J connectivity index is 1.60. The van der Waals surface area contributed by atoms with Crippen molar-refractivity contribution in [3.05, 3.63) is 23.7 Å². The van der Waals surface area contributed by atoms with Crippen molar-refractivity contribution in [2.75, 3.05) is 52.5 Å². The van der Waals surface area contributed by atoms with Crippen LogP contribution < -0.4 is 5.32 Å². The molecule has 0 aliphatic carbocycles. The number of aliphatic hydroxyl groups is 1. The van der Waals surface area contributed by atoms with E-state index in [4.69, 9.17) is 9.15 Å². The molecule has 0 bridgehead atoms. The largest absolute Gasteiger partial charge is 0.467 e. The quantitative estimate of drug-likeness (QED) is 0.785. The fraction of sp³-hybridized carbons (Fsp3) is 0.667. The number of amides is 1. The Labute approximate surface area is 129 Å². The maximum atomic E-state index is 12.5. The smallest absolute Gasteiger partial charge is 0.257 e. The van der Waals surface area contributed by atoms with Gasteiger partial charge in [-0.1, -0.05) is 0 Å². The Bertz CT molecular complexity index is 499. The van der Waals surface area contributed by atoms with E-state index in [9.17, 15) is 9.90 Å². The summed E-state index contributed by atoms with van der Waals surface area (Å²) >= 11 is 0. The van der Waals surface area contributed by atoms with Gasteiger partial charge in [0, 0.05) is 39.3 Å². The zero-order valence-corrected chi connectivity index (χ0v) is 12.7. The van der Waals surface area contributed by atoms with Crippen molar-refractivity contribution in [1.82, 2.24) is 15.1 Å². The summed E-state index contributed by atoms with van der Waals surface area (Å²) in [7, 11) is 0. The average molecular weight is 309 g/mol. The number of carbonyl (C=O) groups is 1. The number of hydrogen-bond acceptors (Lipinski definition) is 6. The SMILES string of the molecule is O=C(c1coc(CN2CCOCC2)c1)N1CCNC[C@H](O)C1. The molecule has 22 heavy (non-hydrogen) atoms. The van der Waals surface area contributed by atoms with Crippen molar-refractivity contribution in [3.63, 3.8) is 0 Å². The van der Waals surface area contributed by atoms with Gasteiger partial charge in [-0.3, -0.25) is 9.69 Å². The first-order chi connectivity index (χ1) is 10.7. The Morgan fingerprint density at radius 3 is 3.00 bits per heavy atom. The van der Waals surface area contributed by atoms with Crippen molar-refractivity contribution in [1.29, 1.82) is 0 Å². The predicted octanol–water partition coefficient (Wildman–Crippen LogP) is -0.482. The molecule has 0 spiro atoms. The van der Waals surface area contributed by atoms with Crippen LogP contribution in [0.15, 0.2) is 16.7 Å². The molecule has 3 heterocycles. The summed E-state index contributed by atoms with van der Waals surface area (Å²) in [6.45, 7) is 6.12.